The molecule has 1 atom stereocenters. The van der Waals surface area contributed by atoms with Crippen LogP contribution in [0.3, 0.4) is 0 Å². The summed E-state index contributed by atoms with van der Waals surface area (Å²) in [6.45, 7) is 7.57. The first-order valence-electron chi connectivity index (χ1n) is 9.57. The SMILES string of the molecule is CCCCOc1ccc(S(=O)(=O)N(CCN2CCCC2)CC(C)O)cc1. The number of ether oxygens (including phenoxy) is 1. The van der Waals surface area contributed by atoms with Crippen LogP contribution < -0.4 is 4.74 Å². The number of unbranched alkanes of at least 4 members (excludes halogenated alkanes) is 1. The Labute approximate surface area is 157 Å². The zero-order valence-corrected chi connectivity index (χ0v) is 16.7. The number of benzene rings is 1. The molecule has 0 spiro atoms. The van der Waals surface area contributed by atoms with Gasteiger partial charge in [0.15, 0.2) is 0 Å². The first-order valence-corrected chi connectivity index (χ1v) is 11.0. The number of hydrogen-bond donors (Lipinski definition) is 1. The van der Waals surface area contributed by atoms with Crippen molar-refractivity contribution in [1.29, 1.82) is 0 Å². The lowest BCUT2D eigenvalue weighted by Gasteiger charge is -2.26. The second-order valence-electron chi connectivity index (χ2n) is 6.93. The fraction of sp³-hybridized carbons (Fsp3) is 0.684. The molecule has 2 rings (SSSR count). The number of hydrogen-bond acceptors (Lipinski definition) is 5. The number of rotatable bonds is 11. The van der Waals surface area contributed by atoms with Crippen molar-refractivity contribution in [2.24, 2.45) is 0 Å². The minimum Gasteiger partial charge on any atom is -0.494 e. The summed E-state index contributed by atoms with van der Waals surface area (Å²) in [5.41, 5.74) is 0. The van der Waals surface area contributed by atoms with E-state index in [9.17, 15) is 13.5 Å². The van der Waals surface area contributed by atoms with Gasteiger partial charge < -0.3 is 14.7 Å². The number of likely N-dealkylation sites (tertiary alicyclic amines) is 1. The first-order chi connectivity index (χ1) is 12.4. The number of nitrogens with zero attached hydrogens (tertiary/aromatic N) is 2. The standard InChI is InChI=1S/C19H32N2O4S/c1-3-4-15-25-18-7-9-19(10-8-18)26(23,24)21(16-17(2)22)14-13-20-11-5-6-12-20/h7-10,17,22H,3-6,11-16H2,1-2H3. The number of aliphatic hydroxyl groups is 1. The van der Waals surface area contributed by atoms with Crippen molar-refractivity contribution < 1.29 is 18.3 Å². The molecule has 0 aliphatic carbocycles. The lowest BCUT2D eigenvalue weighted by atomic mass is 10.3. The summed E-state index contributed by atoms with van der Waals surface area (Å²) in [7, 11) is -3.64. The van der Waals surface area contributed by atoms with Crippen LogP contribution in [0.5, 0.6) is 5.75 Å². The fourth-order valence-corrected chi connectivity index (χ4v) is 4.57. The van der Waals surface area contributed by atoms with E-state index in [0.29, 0.717) is 25.4 Å². The van der Waals surface area contributed by atoms with Crippen LogP contribution in [0.1, 0.15) is 39.5 Å². The zero-order valence-electron chi connectivity index (χ0n) is 15.9. The summed E-state index contributed by atoms with van der Waals surface area (Å²) >= 11 is 0. The van der Waals surface area contributed by atoms with Crippen LogP contribution >= 0.6 is 0 Å². The van der Waals surface area contributed by atoms with Crippen molar-refractivity contribution in [1.82, 2.24) is 9.21 Å². The first kappa shape index (κ1) is 21.2. The molecule has 148 valence electrons. The monoisotopic (exact) mass is 384 g/mol. The van der Waals surface area contributed by atoms with Crippen LogP contribution in [-0.4, -0.2) is 68.2 Å². The van der Waals surface area contributed by atoms with Gasteiger partial charge in [0.1, 0.15) is 5.75 Å². The third-order valence-corrected chi connectivity index (χ3v) is 6.44. The molecule has 1 saturated heterocycles. The van der Waals surface area contributed by atoms with Gasteiger partial charge in [-0.1, -0.05) is 13.3 Å². The Morgan fingerprint density at radius 3 is 2.46 bits per heavy atom. The zero-order chi connectivity index (χ0) is 19.0. The number of sulfonamides is 1. The molecule has 26 heavy (non-hydrogen) atoms. The second-order valence-corrected chi connectivity index (χ2v) is 8.87. The van der Waals surface area contributed by atoms with E-state index in [1.54, 1.807) is 31.2 Å². The Kier molecular flexibility index (Phi) is 8.34. The van der Waals surface area contributed by atoms with Crippen LogP contribution in [0.2, 0.25) is 0 Å². The average Bonchev–Trinajstić information content (AvgIpc) is 3.12. The highest BCUT2D eigenvalue weighted by molar-refractivity contribution is 7.89. The van der Waals surface area contributed by atoms with Crippen LogP contribution in [-0.2, 0) is 10.0 Å². The van der Waals surface area contributed by atoms with E-state index in [-0.39, 0.29) is 11.4 Å². The molecule has 7 heteroatoms. The maximum absolute atomic E-state index is 13.0. The molecular weight excluding hydrogens is 352 g/mol. The van der Waals surface area contributed by atoms with Crippen molar-refractivity contribution in [3.63, 3.8) is 0 Å². The predicted molar refractivity (Wildman–Crippen MR) is 103 cm³/mol. The Balaban J connectivity index is 2.05. The van der Waals surface area contributed by atoms with Gasteiger partial charge in [0.2, 0.25) is 10.0 Å². The van der Waals surface area contributed by atoms with E-state index in [0.717, 1.165) is 25.9 Å². The molecule has 1 fully saturated rings. The van der Waals surface area contributed by atoms with Gasteiger partial charge in [-0.25, -0.2) is 8.42 Å². The molecule has 1 heterocycles. The summed E-state index contributed by atoms with van der Waals surface area (Å²) in [5, 5.41) is 9.75. The second kappa shape index (κ2) is 10.3. The summed E-state index contributed by atoms with van der Waals surface area (Å²) in [5.74, 6) is 0.677. The molecule has 1 N–H and O–H groups in total. The fourth-order valence-electron chi connectivity index (χ4n) is 3.05. The summed E-state index contributed by atoms with van der Waals surface area (Å²) in [6, 6.07) is 6.57. The van der Waals surface area contributed by atoms with Gasteiger partial charge in [-0.2, -0.15) is 4.31 Å². The van der Waals surface area contributed by atoms with E-state index in [1.165, 1.54) is 17.1 Å². The molecule has 0 aromatic heterocycles. The Bertz CT molecular complexity index is 625. The molecule has 0 amide bonds. The predicted octanol–water partition coefficient (Wildman–Crippen LogP) is 2.33. The smallest absolute Gasteiger partial charge is 0.243 e. The number of aliphatic hydroxyl groups excluding tert-OH is 1. The Hall–Kier alpha value is -1.15. The Morgan fingerprint density at radius 1 is 1.23 bits per heavy atom. The molecule has 1 aliphatic rings. The third-order valence-electron chi connectivity index (χ3n) is 4.56. The van der Waals surface area contributed by atoms with E-state index >= 15 is 0 Å². The molecule has 1 aliphatic heterocycles. The third kappa shape index (κ3) is 6.23. The highest BCUT2D eigenvalue weighted by Gasteiger charge is 2.26. The minimum atomic E-state index is -3.64. The maximum Gasteiger partial charge on any atom is 0.243 e. The quantitative estimate of drug-likeness (QED) is 0.593. The van der Waals surface area contributed by atoms with Crippen LogP contribution in [0.4, 0.5) is 0 Å². The van der Waals surface area contributed by atoms with Crippen molar-refractivity contribution in [3.8, 4) is 5.75 Å². The van der Waals surface area contributed by atoms with Crippen LogP contribution in [0.15, 0.2) is 29.2 Å². The van der Waals surface area contributed by atoms with Crippen molar-refractivity contribution >= 4 is 10.0 Å². The molecule has 0 saturated carbocycles. The van der Waals surface area contributed by atoms with Gasteiger partial charge in [0.05, 0.1) is 17.6 Å². The van der Waals surface area contributed by atoms with Crippen molar-refractivity contribution in [2.45, 2.75) is 50.5 Å². The highest BCUT2D eigenvalue weighted by Crippen LogP contribution is 2.20. The van der Waals surface area contributed by atoms with E-state index in [4.69, 9.17) is 4.74 Å². The molecule has 6 nitrogen and oxygen atoms in total. The highest BCUT2D eigenvalue weighted by atomic mass is 32.2. The van der Waals surface area contributed by atoms with E-state index in [2.05, 4.69) is 11.8 Å². The van der Waals surface area contributed by atoms with E-state index < -0.39 is 16.1 Å². The molecule has 1 aromatic rings. The van der Waals surface area contributed by atoms with Gasteiger partial charge in [-0.3, -0.25) is 0 Å². The van der Waals surface area contributed by atoms with E-state index in [1.807, 2.05) is 0 Å². The maximum atomic E-state index is 13.0. The largest absolute Gasteiger partial charge is 0.494 e. The summed E-state index contributed by atoms with van der Waals surface area (Å²) < 4.78 is 33.0. The molecule has 0 radical (unpaired) electrons. The lowest BCUT2D eigenvalue weighted by Crippen LogP contribution is -2.41. The lowest BCUT2D eigenvalue weighted by molar-refractivity contribution is 0.158. The topological polar surface area (TPSA) is 70.1 Å². The Morgan fingerprint density at radius 2 is 1.88 bits per heavy atom. The van der Waals surface area contributed by atoms with Gasteiger partial charge >= 0.3 is 0 Å². The van der Waals surface area contributed by atoms with Gasteiger partial charge in [-0.15, -0.1) is 0 Å². The van der Waals surface area contributed by atoms with Gasteiger partial charge in [-0.05, 0) is 63.5 Å². The van der Waals surface area contributed by atoms with Crippen LogP contribution in [0, 0.1) is 0 Å². The molecule has 1 unspecified atom stereocenters. The minimum absolute atomic E-state index is 0.102. The average molecular weight is 385 g/mol. The summed E-state index contributed by atoms with van der Waals surface area (Å²) in [4.78, 5) is 2.51. The van der Waals surface area contributed by atoms with Crippen molar-refractivity contribution in [3.05, 3.63) is 24.3 Å². The summed E-state index contributed by atoms with van der Waals surface area (Å²) in [6.07, 6.45) is 3.65. The normalized spacial score (nSPS) is 16.9. The van der Waals surface area contributed by atoms with Crippen LogP contribution in [0.25, 0.3) is 0 Å². The van der Waals surface area contributed by atoms with Gasteiger partial charge in [0.25, 0.3) is 0 Å². The van der Waals surface area contributed by atoms with Gasteiger partial charge in [0, 0.05) is 19.6 Å². The molecule has 0 bridgehead atoms. The molecule has 1 aromatic carbocycles. The molecular formula is C19H32N2O4S. The van der Waals surface area contributed by atoms with Crippen molar-refractivity contribution in [2.75, 3.05) is 39.3 Å².